The number of anilines is 1. The van der Waals surface area contributed by atoms with Crippen LogP contribution in [0.2, 0.25) is 0 Å². The summed E-state index contributed by atoms with van der Waals surface area (Å²) in [6, 6.07) is 13.4. The molecule has 24 heavy (non-hydrogen) atoms. The number of carbonyl (C=O) groups excluding carboxylic acids is 2. The third-order valence-corrected chi connectivity index (χ3v) is 4.08. The molecule has 2 amide bonds. The molecule has 2 aromatic rings. The van der Waals surface area contributed by atoms with Gasteiger partial charge in [-0.25, -0.2) is 4.39 Å². The topological polar surface area (TPSA) is 49.4 Å². The Kier molecular flexibility index (Phi) is 4.60. The van der Waals surface area contributed by atoms with E-state index < -0.39 is 0 Å². The number of hydrogen-bond acceptors (Lipinski definition) is 2. The minimum absolute atomic E-state index is 0.0672. The largest absolute Gasteiger partial charge is 0.351 e. The average molecular weight is 326 g/mol. The maximum Gasteiger partial charge on any atom is 0.229 e. The Hall–Kier alpha value is -2.69. The van der Waals surface area contributed by atoms with Gasteiger partial charge in [0.05, 0.1) is 12.5 Å². The van der Waals surface area contributed by atoms with Crippen molar-refractivity contribution in [2.45, 2.75) is 25.8 Å². The molecule has 1 saturated heterocycles. The molecule has 1 aliphatic heterocycles. The van der Waals surface area contributed by atoms with Crippen LogP contribution in [-0.4, -0.2) is 24.4 Å². The predicted molar refractivity (Wildman–Crippen MR) is 90.2 cm³/mol. The van der Waals surface area contributed by atoms with E-state index in [0.717, 1.165) is 11.1 Å². The molecule has 0 unspecified atom stereocenters. The highest BCUT2D eigenvalue weighted by Crippen LogP contribution is 2.21. The number of nitrogens with zero attached hydrogens (tertiary/aromatic N) is 1. The van der Waals surface area contributed by atoms with E-state index in [1.165, 1.54) is 12.1 Å². The molecule has 0 aliphatic carbocycles. The minimum atomic E-state index is -0.339. The molecule has 4 nitrogen and oxygen atoms in total. The van der Waals surface area contributed by atoms with Gasteiger partial charge in [-0.1, -0.05) is 29.8 Å². The number of nitrogens with one attached hydrogen (secondary N) is 1. The number of halogens is 1. The Bertz CT molecular complexity index is 758. The van der Waals surface area contributed by atoms with Crippen molar-refractivity contribution in [3.8, 4) is 0 Å². The average Bonchev–Trinajstić information content (AvgIpc) is 2.88. The lowest BCUT2D eigenvalue weighted by Crippen LogP contribution is -2.38. The zero-order valence-electron chi connectivity index (χ0n) is 13.5. The molecule has 0 saturated carbocycles. The van der Waals surface area contributed by atoms with Crippen molar-refractivity contribution in [2.75, 3.05) is 11.4 Å². The SMILES string of the molecule is Cc1cccc(CC(=O)N[C@@H]2CC(=O)N(c3ccc(F)cc3)C2)c1. The van der Waals surface area contributed by atoms with Gasteiger partial charge in [-0.15, -0.1) is 0 Å². The summed E-state index contributed by atoms with van der Waals surface area (Å²) in [5, 5.41) is 2.91. The van der Waals surface area contributed by atoms with Gasteiger partial charge < -0.3 is 10.2 Å². The van der Waals surface area contributed by atoms with E-state index in [4.69, 9.17) is 0 Å². The predicted octanol–water partition coefficient (Wildman–Crippen LogP) is 2.60. The van der Waals surface area contributed by atoms with E-state index >= 15 is 0 Å². The van der Waals surface area contributed by atoms with E-state index in [2.05, 4.69) is 5.32 Å². The van der Waals surface area contributed by atoms with Crippen LogP contribution in [0.1, 0.15) is 17.5 Å². The van der Waals surface area contributed by atoms with Crippen molar-refractivity contribution in [3.63, 3.8) is 0 Å². The molecule has 0 radical (unpaired) electrons. The fraction of sp³-hybridized carbons (Fsp3) is 0.263. The fourth-order valence-electron chi connectivity index (χ4n) is 2.96. The van der Waals surface area contributed by atoms with Crippen molar-refractivity contribution in [3.05, 3.63) is 65.5 Å². The molecule has 0 bridgehead atoms. The van der Waals surface area contributed by atoms with Gasteiger partial charge in [0.2, 0.25) is 11.8 Å². The van der Waals surface area contributed by atoms with Gasteiger partial charge in [0.25, 0.3) is 0 Å². The highest BCUT2D eigenvalue weighted by molar-refractivity contribution is 5.96. The summed E-state index contributed by atoms with van der Waals surface area (Å²) >= 11 is 0. The molecule has 1 aliphatic rings. The Labute approximate surface area is 140 Å². The first-order valence-corrected chi connectivity index (χ1v) is 7.92. The lowest BCUT2D eigenvalue weighted by Gasteiger charge is -2.17. The molecular weight excluding hydrogens is 307 g/mol. The summed E-state index contributed by atoms with van der Waals surface area (Å²) in [4.78, 5) is 25.9. The first-order valence-electron chi connectivity index (χ1n) is 7.92. The Morgan fingerprint density at radius 3 is 2.71 bits per heavy atom. The van der Waals surface area contributed by atoms with Gasteiger partial charge in [-0.05, 0) is 36.8 Å². The second-order valence-electron chi connectivity index (χ2n) is 6.12. The summed E-state index contributed by atoms with van der Waals surface area (Å²) in [5.41, 5.74) is 2.71. The van der Waals surface area contributed by atoms with Gasteiger partial charge in [0.1, 0.15) is 5.82 Å². The third-order valence-electron chi connectivity index (χ3n) is 4.08. The van der Waals surface area contributed by atoms with Gasteiger partial charge in [0.15, 0.2) is 0 Å². The number of benzene rings is 2. The number of aryl methyl sites for hydroxylation is 1. The van der Waals surface area contributed by atoms with Crippen LogP contribution in [0.15, 0.2) is 48.5 Å². The Morgan fingerprint density at radius 1 is 1.25 bits per heavy atom. The van der Waals surface area contributed by atoms with Gasteiger partial charge in [-0.3, -0.25) is 9.59 Å². The van der Waals surface area contributed by atoms with Crippen molar-refractivity contribution >= 4 is 17.5 Å². The number of hydrogen-bond donors (Lipinski definition) is 1. The highest BCUT2D eigenvalue weighted by Gasteiger charge is 2.31. The molecule has 1 heterocycles. The molecule has 0 spiro atoms. The second kappa shape index (κ2) is 6.83. The second-order valence-corrected chi connectivity index (χ2v) is 6.12. The molecular formula is C19H19FN2O2. The zero-order valence-corrected chi connectivity index (χ0v) is 13.5. The maximum absolute atomic E-state index is 13.0. The normalized spacial score (nSPS) is 17.2. The molecule has 1 N–H and O–H groups in total. The summed E-state index contributed by atoms with van der Waals surface area (Å²) in [5.74, 6) is -0.504. The van der Waals surface area contributed by atoms with Gasteiger partial charge in [-0.2, -0.15) is 0 Å². The van der Waals surface area contributed by atoms with E-state index in [9.17, 15) is 14.0 Å². The van der Waals surface area contributed by atoms with Crippen molar-refractivity contribution in [1.29, 1.82) is 0 Å². The number of carbonyl (C=O) groups is 2. The third kappa shape index (κ3) is 3.79. The maximum atomic E-state index is 13.0. The first kappa shape index (κ1) is 16.2. The molecule has 2 aromatic carbocycles. The van der Waals surface area contributed by atoms with Crippen molar-refractivity contribution < 1.29 is 14.0 Å². The smallest absolute Gasteiger partial charge is 0.229 e. The monoisotopic (exact) mass is 326 g/mol. The zero-order chi connectivity index (χ0) is 17.1. The standard InChI is InChI=1S/C19H19FN2O2/c1-13-3-2-4-14(9-13)10-18(23)21-16-11-19(24)22(12-16)17-7-5-15(20)6-8-17/h2-9,16H,10-12H2,1H3,(H,21,23)/t16-/m1/s1. The quantitative estimate of drug-likeness (QED) is 0.939. The highest BCUT2D eigenvalue weighted by atomic mass is 19.1. The van der Waals surface area contributed by atoms with E-state index in [1.807, 2.05) is 31.2 Å². The molecule has 0 aromatic heterocycles. The minimum Gasteiger partial charge on any atom is -0.351 e. The van der Waals surface area contributed by atoms with Crippen LogP contribution >= 0.6 is 0 Å². The molecule has 1 atom stereocenters. The number of rotatable bonds is 4. The first-order chi connectivity index (χ1) is 11.5. The fourth-order valence-corrected chi connectivity index (χ4v) is 2.96. The molecule has 5 heteroatoms. The summed E-state index contributed by atoms with van der Waals surface area (Å²) in [6.07, 6.45) is 0.555. The van der Waals surface area contributed by atoms with Crippen LogP contribution < -0.4 is 10.2 Å². The Morgan fingerprint density at radius 2 is 2.00 bits per heavy atom. The Balaban J connectivity index is 1.59. The van der Waals surface area contributed by atoms with Crippen LogP contribution in [0.4, 0.5) is 10.1 Å². The van der Waals surface area contributed by atoms with Crippen LogP contribution in [-0.2, 0) is 16.0 Å². The van der Waals surface area contributed by atoms with Crippen LogP contribution in [0, 0.1) is 12.7 Å². The van der Waals surface area contributed by atoms with Gasteiger partial charge in [0, 0.05) is 18.7 Å². The van der Waals surface area contributed by atoms with E-state index in [1.54, 1.807) is 17.0 Å². The van der Waals surface area contributed by atoms with Crippen LogP contribution in [0.5, 0.6) is 0 Å². The van der Waals surface area contributed by atoms with E-state index in [-0.39, 0.29) is 30.1 Å². The summed E-state index contributed by atoms with van der Waals surface area (Å²) in [7, 11) is 0. The lowest BCUT2D eigenvalue weighted by atomic mass is 10.1. The molecule has 124 valence electrons. The van der Waals surface area contributed by atoms with Gasteiger partial charge >= 0.3 is 0 Å². The van der Waals surface area contributed by atoms with Crippen LogP contribution in [0.3, 0.4) is 0 Å². The molecule has 1 fully saturated rings. The summed E-state index contributed by atoms with van der Waals surface area (Å²) in [6.45, 7) is 2.39. The van der Waals surface area contributed by atoms with Crippen molar-refractivity contribution in [2.24, 2.45) is 0 Å². The number of amides is 2. The van der Waals surface area contributed by atoms with E-state index in [0.29, 0.717) is 18.7 Å². The molecule has 3 rings (SSSR count). The van der Waals surface area contributed by atoms with Crippen molar-refractivity contribution in [1.82, 2.24) is 5.32 Å². The summed E-state index contributed by atoms with van der Waals surface area (Å²) < 4.78 is 13.0. The lowest BCUT2D eigenvalue weighted by molar-refractivity contribution is -0.121. The van der Waals surface area contributed by atoms with Crippen LogP contribution in [0.25, 0.3) is 0 Å².